The van der Waals surface area contributed by atoms with E-state index in [0.717, 1.165) is 11.4 Å². The Morgan fingerprint density at radius 2 is 1.92 bits per heavy atom. The lowest BCUT2D eigenvalue weighted by atomic mass is 10.2. The van der Waals surface area contributed by atoms with Gasteiger partial charge in [-0.15, -0.1) is 0 Å². The van der Waals surface area contributed by atoms with Crippen LogP contribution < -0.4 is 20.1 Å². The molecule has 0 bridgehead atoms. The number of ether oxygens (including phenoxy) is 2. The normalized spacial score (nSPS) is 10.0. The summed E-state index contributed by atoms with van der Waals surface area (Å²) in [5, 5.41) is 16.4. The number of nitrogens with one attached hydrogen (secondary N) is 2. The van der Waals surface area contributed by atoms with Gasteiger partial charge in [-0.05, 0) is 37.3 Å². The molecule has 8 nitrogen and oxygen atoms in total. The van der Waals surface area contributed by atoms with Crippen LogP contribution in [0, 0.1) is 10.1 Å². The van der Waals surface area contributed by atoms with Crippen molar-refractivity contribution >= 4 is 23.0 Å². The van der Waals surface area contributed by atoms with Crippen LogP contribution in [-0.4, -0.2) is 31.1 Å². The minimum atomic E-state index is -0.526. The van der Waals surface area contributed by atoms with E-state index in [4.69, 9.17) is 9.47 Å². The molecule has 0 unspecified atom stereocenters. The summed E-state index contributed by atoms with van der Waals surface area (Å²) in [7, 11) is 1.38. The van der Waals surface area contributed by atoms with Gasteiger partial charge in [0.15, 0.2) is 0 Å². The maximum Gasteiger partial charge on any atom is 0.273 e. The van der Waals surface area contributed by atoms with Gasteiger partial charge >= 0.3 is 0 Å². The molecule has 0 atom stereocenters. The summed E-state index contributed by atoms with van der Waals surface area (Å²) in [4.78, 5) is 22.3. The standard InChI is InChI=1S/C17H19N3O5/c1-3-25-14-7-4-12(5-8-14)18-11-17(21)19-15-9-6-13(20(22)23)10-16(15)24-2/h4-10,18H,3,11H2,1-2H3,(H,19,21). The highest BCUT2D eigenvalue weighted by molar-refractivity contribution is 5.95. The van der Waals surface area contributed by atoms with Crippen molar-refractivity contribution in [2.24, 2.45) is 0 Å². The predicted molar refractivity (Wildman–Crippen MR) is 94.4 cm³/mol. The maximum absolute atomic E-state index is 12.1. The van der Waals surface area contributed by atoms with Crippen molar-refractivity contribution in [1.82, 2.24) is 0 Å². The van der Waals surface area contributed by atoms with Crippen LogP contribution in [0.2, 0.25) is 0 Å². The van der Waals surface area contributed by atoms with Crippen molar-refractivity contribution in [1.29, 1.82) is 0 Å². The Morgan fingerprint density at radius 1 is 1.20 bits per heavy atom. The number of carbonyl (C=O) groups excluding carboxylic acids is 1. The molecule has 0 aliphatic heterocycles. The highest BCUT2D eigenvalue weighted by Crippen LogP contribution is 2.28. The second-order valence-electron chi connectivity index (χ2n) is 5.00. The number of nitro benzene ring substituents is 1. The number of amides is 1. The van der Waals surface area contributed by atoms with Crippen molar-refractivity contribution in [3.8, 4) is 11.5 Å². The fourth-order valence-electron chi connectivity index (χ4n) is 2.11. The average Bonchev–Trinajstić information content (AvgIpc) is 2.61. The Kier molecular flexibility index (Phi) is 6.16. The van der Waals surface area contributed by atoms with Gasteiger partial charge in [-0.25, -0.2) is 0 Å². The van der Waals surface area contributed by atoms with Crippen molar-refractivity contribution in [3.63, 3.8) is 0 Å². The number of methoxy groups -OCH3 is 1. The van der Waals surface area contributed by atoms with Crippen LogP contribution in [0.4, 0.5) is 17.1 Å². The second kappa shape index (κ2) is 8.53. The number of hydrogen-bond acceptors (Lipinski definition) is 6. The maximum atomic E-state index is 12.1. The van der Waals surface area contributed by atoms with Gasteiger partial charge in [-0.3, -0.25) is 14.9 Å². The largest absolute Gasteiger partial charge is 0.494 e. The summed E-state index contributed by atoms with van der Waals surface area (Å²) in [5.74, 6) is 0.678. The van der Waals surface area contributed by atoms with Crippen LogP contribution >= 0.6 is 0 Å². The number of non-ortho nitro benzene ring substituents is 1. The Morgan fingerprint density at radius 3 is 2.52 bits per heavy atom. The van der Waals surface area contributed by atoms with E-state index in [1.165, 1.54) is 25.3 Å². The van der Waals surface area contributed by atoms with Crippen LogP contribution in [0.15, 0.2) is 42.5 Å². The number of carbonyl (C=O) groups is 1. The van der Waals surface area contributed by atoms with Gasteiger partial charge in [0.25, 0.3) is 5.69 Å². The second-order valence-corrected chi connectivity index (χ2v) is 5.00. The zero-order valence-corrected chi connectivity index (χ0v) is 13.9. The molecule has 2 aromatic carbocycles. The van der Waals surface area contributed by atoms with Crippen LogP contribution in [0.5, 0.6) is 11.5 Å². The van der Waals surface area contributed by atoms with E-state index in [9.17, 15) is 14.9 Å². The predicted octanol–water partition coefficient (Wildman–Crippen LogP) is 3.05. The molecule has 0 aliphatic rings. The van der Waals surface area contributed by atoms with E-state index >= 15 is 0 Å². The molecule has 25 heavy (non-hydrogen) atoms. The molecule has 2 rings (SSSR count). The lowest BCUT2D eigenvalue weighted by Crippen LogP contribution is -2.22. The van der Waals surface area contributed by atoms with Crippen molar-refractivity contribution in [3.05, 3.63) is 52.6 Å². The first kappa shape index (κ1) is 18.1. The first-order chi connectivity index (χ1) is 12.0. The van der Waals surface area contributed by atoms with E-state index in [0.29, 0.717) is 12.3 Å². The van der Waals surface area contributed by atoms with Crippen LogP contribution in [0.25, 0.3) is 0 Å². The van der Waals surface area contributed by atoms with Crippen molar-refractivity contribution in [2.45, 2.75) is 6.92 Å². The van der Waals surface area contributed by atoms with Crippen LogP contribution in [0.3, 0.4) is 0 Å². The lowest BCUT2D eigenvalue weighted by Gasteiger charge is -2.11. The fraction of sp³-hybridized carbons (Fsp3) is 0.235. The molecule has 8 heteroatoms. The third kappa shape index (κ3) is 5.10. The Hall–Kier alpha value is -3.29. The number of hydrogen-bond donors (Lipinski definition) is 2. The Labute approximate surface area is 144 Å². The SMILES string of the molecule is CCOc1ccc(NCC(=O)Nc2ccc([N+](=O)[O-])cc2OC)cc1. The molecule has 132 valence electrons. The average molecular weight is 345 g/mol. The van der Waals surface area contributed by atoms with E-state index in [2.05, 4.69) is 10.6 Å². The molecule has 2 aromatic rings. The highest BCUT2D eigenvalue weighted by atomic mass is 16.6. The summed E-state index contributed by atoms with van der Waals surface area (Å²) in [5.41, 5.74) is 1.03. The third-order valence-electron chi connectivity index (χ3n) is 3.29. The van der Waals surface area contributed by atoms with Crippen molar-refractivity contribution < 1.29 is 19.2 Å². The molecule has 0 spiro atoms. The topological polar surface area (TPSA) is 103 Å². The molecule has 0 aliphatic carbocycles. The smallest absolute Gasteiger partial charge is 0.273 e. The molecule has 0 fully saturated rings. The van der Waals surface area contributed by atoms with Gasteiger partial charge in [-0.2, -0.15) is 0 Å². The summed E-state index contributed by atoms with van der Waals surface area (Å²) in [6.45, 7) is 2.53. The zero-order chi connectivity index (χ0) is 18.2. The van der Waals surface area contributed by atoms with E-state index in [-0.39, 0.29) is 23.9 Å². The molecule has 2 N–H and O–H groups in total. The van der Waals surface area contributed by atoms with Gasteiger partial charge < -0.3 is 20.1 Å². The number of nitro groups is 1. The number of anilines is 2. The molecule has 0 radical (unpaired) electrons. The third-order valence-corrected chi connectivity index (χ3v) is 3.29. The molecule has 0 saturated carbocycles. The Balaban J connectivity index is 1.94. The molecule has 0 saturated heterocycles. The minimum absolute atomic E-state index is 0.0358. The van der Waals surface area contributed by atoms with Crippen LogP contribution in [-0.2, 0) is 4.79 Å². The quantitative estimate of drug-likeness (QED) is 0.563. The number of nitrogens with zero attached hydrogens (tertiary/aromatic N) is 1. The van der Waals surface area contributed by atoms with Gasteiger partial charge in [0.2, 0.25) is 5.91 Å². The fourth-order valence-corrected chi connectivity index (χ4v) is 2.11. The van der Waals surface area contributed by atoms with Gasteiger partial charge in [0, 0.05) is 11.8 Å². The lowest BCUT2D eigenvalue weighted by molar-refractivity contribution is -0.384. The highest BCUT2D eigenvalue weighted by Gasteiger charge is 2.13. The summed E-state index contributed by atoms with van der Waals surface area (Å²) < 4.78 is 10.4. The number of benzene rings is 2. The summed E-state index contributed by atoms with van der Waals surface area (Å²) >= 11 is 0. The number of rotatable bonds is 8. The van der Waals surface area contributed by atoms with Gasteiger partial charge in [-0.1, -0.05) is 0 Å². The van der Waals surface area contributed by atoms with Gasteiger partial charge in [0.05, 0.1) is 36.9 Å². The first-order valence-electron chi connectivity index (χ1n) is 7.62. The molecule has 0 heterocycles. The monoisotopic (exact) mass is 345 g/mol. The summed E-state index contributed by atoms with van der Waals surface area (Å²) in [6.07, 6.45) is 0. The van der Waals surface area contributed by atoms with E-state index in [1.807, 2.05) is 31.2 Å². The minimum Gasteiger partial charge on any atom is -0.494 e. The Bertz CT molecular complexity index is 746. The molecular weight excluding hydrogens is 326 g/mol. The van der Waals surface area contributed by atoms with E-state index < -0.39 is 4.92 Å². The molecule has 1 amide bonds. The van der Waals surface area contributed by atoms with E-state index in [1.54, 1.807) is 0 Å². The zero-order valence-electron chi connectivity index (χ0n) is 13.9. The summed E-state index contributed by atoms with van der Waals surface area (Å²) in [6, 6.07) is 11.2. The van der Waals surface area contributed by atoms with Gasteiger partial charge in [0.1, 0.15) is 11.5 Å². The van der Waals surface area contributed by atoms with Crippen LogP contribution in [0.1, 0.15) is 6.92 Å². The molecule has 0 aromatic heterocycles. The molecular formula is C17H19N3O5. The first-order valence-corrected chi connectivity index (χ1v) is 7.62. The van der Waals surface area contributed by atoms with Crippen molar-refractivity contribution in [2.75, 3.05) is 30.9 Å².